The molecule has 0 unspecified atom stereocenters. The molecule has 0 fully saturated rings. The van der Waals surface area contributed by atoms with Gasteiger partial charge in [-0.15, -0.1) is 0 Å². The minimum Gasteiger partial charge on any atom is -0.741 e. The van der Waals surface area contributed by atoms with E-state index in [2.05, 4.69) is 0 Å². The summed E-state index contributed by atoms with van der Waals surface area (Å²) < 4.78 is 88.9. The van der Waals surface area contributed by atoms with Gasteiger partial charge >= 0.3 is 5.51 Å². The molecule has 0 atom stereocenters. The summed E-state index contributed by atoms with van der Waals surface area (Å²) in [6.07, 6.45) is 0. The molecule has 41 heavy (non-hydrogen) atoms. The summed E-state index contributed by atoms with van der Waals surface area (Å²) in [6, 6.07) is 18.8. The van der Waals surface area contributed by atoms with Gasteiger partial charge in [-0.25, -0.2) is 21.1 Å². The van der Waals surface area contributed by atoms with Gasteiger partial charge in [-0.3, -0.25) is 14.9 Å². The predicted molar refractivity (Wildman–Crippen MR) is 140 cm³/mol. The zero-order valence-electron chi connectivity index (χ0n) is 21.6. The summed E-state index contributed by atoms with van der Waals surface area (Å²) in [5, 5.41) is 12.7. The van der Waals surface area contributed by atoms with E-state index in [4.69, 9.17) is 13.0 Å². The molecular formula is C25H22F3N3O8S2. The van der Waals surface area contributed by atoms with Crippen LogP contribution in [0.4, 0.5) is 18.9 Å². The molecule has 0 saturated carbocycles. The van der Waals surface area contributed by atoms with Crippen LogP contribution in [0, 0.1) is 10.1 Å². The number of pyridine rings is 1. The highest BCUT2D eigenvalue weighted by Gasteiger charge is 2.39. The van der Waals surface area contributed by atoms with Crippen molar-refractivity contribution in [2.45, 2.75) is 30.3 Å². The van der Waals surface area contributed by atoms with Crippen molar-refractivity contribution in [1.29, 1.82) is 0 Å². The number of fused-ring (bicyclic) bond motifs is 2. The van der Waals surface area contributed by atoms with Crippen LogP contribution in [0.5, 0.6) is 0 Å². The Hall–Kier alpha value is -4.15. The monoisotopic (exact) mass is 613 g/mol. The van der Waals surface area contributed by atoms with Gasteiger partial charge in [-0.1, -0.05) is 36.4 Å². The van der Waals surface area contributed by atoms with Crippen molar-refractivity contribution in [1.82, 2.24) is 4.31 Å². The van der Waals surface area contributed by atoms with E-state index < -0.39 is 53.1 Å². The third-order valence-electron chi connectivity index (χ3n) is 5.83. The largest absolute Gasteiger partial charge is 0.741 e. The number of sulfonamides is 1. The van der Waals surface area contributed by atoms with Crippen molar-refractivity contribution in [3.63, 3.8) is 0 Å². The average Bonchev–Trinajstić information content (AvgIpc) is 2.88. The van der Waals surface area contributed by atoms with Crippen LogP contribution in [-0.4, -0.2) is 48.1 Å². The van der Waals surface area contributed by atoms with E-state index in [1.807, 2.05) is 35.9 Å². The number of para-hydroxylation sites is 3. The molecule has 1 amide bonds. The lowest BCUT2D eigenvalue weighted by Gasteiger charge is -2.27. The number of nitro benzene ring substituents is 1. The highest BCUT2D eigenvalue weighted by molar-refractivity contribution is 7.89. The standard InChI is InChI=1S/C24H22N3O5S.CHF3O3S/c1-16(2)26(33(31,32)22-15-9-8-14-21(22)27(29)30)24(28)23-17-10-4-6-12-19(17)25(3)20-13-7-5-11-18(20)23;2-1(3,4)8(5,6)7/h4-16H,1-3H3;(H,5,6,7)/q+1;/p-1. The minimum absolute atomic E-state index is 0.232. The Labute approximate surface area is 232 Å². The molecular weight excluding hydrogens is 591 g/mol. The Kier molecular flexibility index (Phi) is 8.71. The molecule has 1 heterocycles. The first-order chi connectivity index (χ1) is 18.9. The summed E-state index contributed by atoms with van der Waals surface area (Å²) >= 11 is 0. The van der Waals surface area contributed by atoms with Crippen LogP contribution in [0.15, 0.2) is 77.7 Å². The van der Waals surface area contributed by atoms with Gasteiger partial charge < -0.3 is 4.55 Å². The van der Waals surface area contributed by atoms with Gasteiger partial charge in [0.05, 0.1) is 21.3 Å². The molecule has 11 nitrogen and oxygen atoms in total. The lowest BCUT2D eigenvalue weighted by atomic mass is 10.0. The predicted octanol–water partition coefficient (Wildman–Crippen LogP) is 4.02. The Morgan fingerprint density at radius 1 is 0.878 bits per heavy atom. The number of aryl methyl sites for hydroxylation is 1. The van der Waals surface area contributed by atoms with E-state index in [1.54, 1.807) is 38.1 Å². The molecule has 218 valence electrons. The molecule has 0 spiro atoms. The number of halogens is 3. The van der Waals surface area contributed by atoms with E-state index in [0.29, 0.717) is 10.8 Å². The molecule has 1 aromatic heterocycles. The quantitative estimate of drug-likeness (QED) is 0.0815. The number of alkyl halides is 3. The smallest absolute Gasteiger partial charge is 0.485 e. The number of nitrogens with zero attached hydrogens (tertiary/aromatic N) is 3. The fourth-order valence-electron chi connectivity index (χ4n) is 4.12. The van der Waals surface area contributed by atoms with Crippen molar-refractivity contribution in [2.24, 2.45) is 7.05 Å². The first kappa shape index (κ1) is 31.4. The first-order valence-electron chi connectivity index (χ1n) is 11.5. The second-order valence-electron chi connectivity index (χ2n) is 8.79. The normalized spacial score (nSPS) is 12.2. The molecule has 16 heteroatoms. The molecule has 0 aliphatic rings. The molecule has 4 rings (SSSR count). The first-order valence-corrected chi connectivity index (χ1v) is 14.4. The number of benzene rings is 3. The third-order valence-corrected chi connectivity index (χ3v) is 8.41. The average molecular weight is 614 g/mol. The fraction of sp³-hybridized carbons (Fsp3) is 0.200. The third kappa shape index (κ3) is 6.13. The van der Waals surface area contributed by atoms with Crippen LogP contribution in [-0.2, 0) is 27.2 Å². The summed E-state index contributed by atoms with van der Waals surface area (Å²) in [5.74, 6) is -0.740. The van der Waals surface area contributed by atoms with Gasteiger partial charge in [0.1, 0.15) is 7.05 Å². The Morgan fingerprint density at radius 3 is 1.71 bits per heavy atom. The highest BCUT2D eigenvalue weighted by atomic mass is 32.2. The van der Waals surface area contributed by atoms with Crippen molar-refractivity contribution < 1.29 is 48.8 Å². The highest BCUT2D eigenvalue weighted by Crippen LogP contribution is 2.32. The summed E-state index contributed by atoms with van der Waals surface area (Å²) in [5.41, 5.74) is -4.48. The molecule has 0 aliphatic carbocycles. The molecule has 0 aliphatic heterocycles. The van der Waals surface area contributed by atoms with E-state index >= 15 is 0 Å². The van der Waals surface area contributed by atoms with E-state index in [-0.39, 0.29) is 5.56 Å². The van der Waals surface area contributed by atoms with Gasteiger partial charge in [-0.2, -0.15) is 17.7 Å². The van der Waals surface area contributed by atoms with E-state index in [9.17, 15) is 36.5 Å². The Morgan fingerprint density at radius 2 is 1.29 bits per heavy atom. The van der Waals surface area contributed by atoms with Crippen LogP contribution in [0.1, 0.15) is 24.2 Å². The van der Waals surface area contributed by atoms with Gasteiger partial charge in [-0.05, 0) is 32.0 Å². The summed E-state index contributed by atoms with van der Waals surface area (Å²) in [4.78, 5) is 24.2. The zero-order chi connectivity index (χ0) is 30.9. The molecule has 4 aromatic rings. The van der Waals surface area contributed by atoms with Crippen molar-refractivity contribution >= 4 is 53.5 Å². The molecule has 0 bridgehead atoms. The van der Waals surface area contributed by atoms with Crippen LogP contribution in [0.2, 0.25) is 0 Å². The van der Waals surface area contributed by atoms with Gasteiger partial charge in [0.25, 0.3) is 21.6 Å². The maximum atomic E-state index is 14.0. The van der Waals surface area contributed by atoms with Crippen LogP contribution < -0.4 is 4.57 Å². The molecule has 3 aromatic carbocycles. The lowest BCUT2D eigenvalue weighted by Crippen LogP contribution is -2.43. The van der Waals surface area contributed by atoms with Crippen molar-refractivity contribution in [2.75, 3.05) is 0 Å². The van der Waals surface area contributed by atoms with E-state index in [0.717, 1.165) is 27.5 Å². The number of amides is 1. The molecule has 0 saturated heterocycles. The topological polar surface area (TPSA) is 159 Å². The lowest BCUT2D eigenvalue weighted by molar-refractivity contribution is -0.617. The maximum Gasteiger partial charge on any atom is 0.485 e. The number of hydrogen-bond donors (Lipinski definition) is 0. The number of carbonyl (C=O) groups is 1. The minimum atomic E-state index is -6.09. The van der Waals surface area contributed by atoms with Crippen LogP contribution >= 0.6 is 0 Å². The second-order valence-corrected chi connectivity index (χ2v) is 11.9. The van der Waals surface area contributed by atoms with Crippen molar-refractivity contribution in [3.8, 4) is 0 Å². The fourth-order valence-corrected chi connectivity index (χ4v) is 5.86. The maximum absolute atomic E-state index is 14.0. The summed E-state index contributed by atoms with van der Waals surface area (Å²) in [7, 11) is -8.75. The van der Waals surface area contributed by atoms with Crippen LogP contribution in [0.25, 0.3) is 21.8 Å². The Balaban J connectivity index is 0.000000507. The number of hydrogen-bond acceptors (Lipinski definition) is 8. The van der Waals surface area contributed by atoms with Gasteiger partial charge in [0.15, 0.2) is 15.0 Å². The number of nitro groups is 1. The number of aromatic nitrogens is 1. The SMILES string of the molecule is CC(C)N(C(=O)c1c2ccccc2[n+](C)c2ccccc12)S(=O)(=O)c1ccccc1[N+](=O)[O-].O=S(=O)([O-])C(F)(F)F. The Bertz CT molecular complexity index is 1820. The van der Waals surface area contributed by atoms with E-state index in [1.165, 1.54) is 12.1 Å². The van der Waals surface area contributed by atoms with Gasteiger partial charge in [0.2, 0.25) is 11.0 Å². The number of rotatable bonds is 5. The van der Waals surface area contributed by atoms with Crippen LogP contribution in [0.3, 0.4) is 0 Å². The molecule has 0 N–H and O–H groups in total. The summed E-state index contributed by atoms with van der Waals surface area (Å²) in [6.45, 7) is 3.13. The van der Waals surface area contributed by atoms with Gasteiger partial charge in [0, 0.05) is 24.2 Å². The van der Waals surface area contributed by atoms with Crippen molar-refractivity contribution in [3.05, 3.63) is 88.5 Å². The second kappa shape index (κ2) is 11.4. The number of carbonyl (C=O) groups excluding carboxylic acids is 1. The zero-order valence-corrected chi connectivity index (χ0v) is 23.2. The molecule has 0 radical (unpaired) electrons.